The molecule has 30 heavy (non-hydrogen) atoms. The van der Waals surface area contributed by atoms with Gasteiger partial charge in [0.05, 0.1) is 12.2 Å². The van der Waals surface area contributed by atoms with Crippen LogP contribution in [0.3, 0.4) is 0 Å². The van der Waals surface area contributed by atoms with Crippen molar-refractivity contribution in [3.8, 4) is 23.2 Å². The van der Waals surface area contributed by atoms with Crippen LogP contribution < -0.4 is 4.90 Å². The molecule has 5 heterocycles. The van der Waals surface area contributed by atoms with Crippen LogP contribution in [0.2, 0.25) is 0 Å². The summed E-state index contributed by atoms with van der Waals surface area (Å²) in [5.41, 5.74) is 1.55. The highest BCUT2D eigenvalue weighted by Crippen LogP contribution is 2.40. The van der Waals surface area contributed by atoms with E-state index in [2.05, 4.69) is 60.6 Å². The van der Waals surface area contributed by atoms with Crippen LogP contribution in [0.15, 0.2) is 36.9 Å². The third-order valence-electron chi connectivity index (χ3n) is 5.31. The van der Waals surface area contributed by atoms with E-state index < -0.39 is 0 Å². The van der Waals surface area contributed by atoms with Gasteiger partial charge in [0.1, 0.15) is 17.2 Å². The van der Waals surface area contributed by atoms with Gasteiger partial charge in [-0.1, -0.05) is 6.92 Å². The van der Waals surface area contributed by atoms with E-state index in [9.17, 15) is 0 Å². The van der Waals surface area contributed by atoms with E-state index in [1.165, 1.54) is 0 Å². The number of anilines is 1. The molecule has 5 rings (SSSR count). The zero-order chi connectivity index (χ0) is 20.8. The molecule has 0 saturated heterocycles. The second-order valence-corrected chi connectivity index (χ2v) is 7.47. The standard InChI is InChI=1S/C20H22N10/c1-5-15-19-27-25-13(4)30(19)16-11-22-20(24-18(16)29(15)12(2)3)28-10-9-21-17(28)14-7-6-8-23-26-14/h6-12,15H,5H2,1-4H3. The Morgan fingerprint density at radius 1 is 1.10 bits per heavy atom. The van der Waals surface area contributed by atoms with E-state index in [0.717, 1.165) is 29.6 Å². The van der Waals surface area contributed by atoms with Gasteiger partial charge in [-0.2, -0.15) is 10.1 Å². The van der Waals surface area contributed by atoms with Gasteiger partial charge in [0, 0.05) is 24.6 Å². The summed E-state index contributed by atoms with van der Waals surface area (Å²) in [7, 11) is 0. The van der Waals surface area contributed by atoms with Gasteiger partial charge in [-0.3, -0.25) is 9.13 Å². The van der Waals surface area contributed by atoms with Crippen LogP contribution in [0, 0.1) is 6.92 Å². The fourth-order valence-electron chi connectivity index (χ4n) is 4.04. The second-order valence-electron chi connectivity index (χ2n) is 7.47. The topological polar surface area (TPSA) is 103 Å². The fourth-order valence-corrected chi connectivity index (χ4v) is 4.04. The van der Waals surface area contributed by atoms with Crippen molar-refractivity contribution in [2.24, 2.45) is 0 Å². The first-order chi connectivity index (χ1) is 14.6. The normalized spacial score (nSPS) is 15.4. The molecule has 0 N–H and O–H groups in total. The number of aryl methyl sites for hydroxylation is 1. The molecule has 1 atom stereocenters. The zero-order valence-corrected chi connectivity index (χ0v) is 17.3. The first-order valence-corrected chi connectivity index (χ1v) is 9.99. The van der Waals surface area contributed by atoms with E-state index >= 15 is 0 Å². The lowest BCUT2D eigenvalue weighted by molar-refractivity contribution is 0.496. The van der Waals surface area contributed by atoms with Crippen molar-refractivity contribution in [2.75, 3.05) is 4.90 Å². The summed E-state index contributed by atoms with van der Waals surface area (Å²) >= 11 is 0. The molecule has 4 aromatic heterocycles. The smallest absolute Gasteiger partial charge is 0.237 e. The Morgan fingerprint density at radius 3 is 2.70 bits per heavy atom. The summed E-state index contributed by atoms with van der Waals surface area (Å²) in [5.74, 6) is 3.78. The molecular formula is C20H22N10. The molecule has 152 valence electrons. The Morgan fingerprint density at radius 2 is 1.97 bits per heavy atom. The third kappa shape index (κ3) is 2.67. The monoisotopic (exact) mass is 402 g/mol. The number of hydrogen-bond acceptors (Lipinski definition) is 8. The molecule has 10 nitrogen and oxygen atoms in total. The minimum atomic E-state index is 0.0868. The SMILES string of the molecule is CCC1c2nnc(C)n2-c2cnc(-n3ccnc3-c3cccnn3)nc2N1C(C)C. The minimum absolute atomic E-state index is 0.0868. The van der Waals surface area contributed by atoms with E-state index in [1.54, 1.807) is 12.4 Å². The molecule has 1 aliphatic heterocycles. The first-order valence-electron chi connectivity index (χ1n) is 9.99. The van der Waals surface area contributed by atoms with Gasteiger partial charge in [0.2, 0.25) is 5.95 Å². The van der Waals surface area contributed by atoms with Gasteiger partial charge in [0.15, 0.2) is 17.5 Å². The van der Waals surface area contributed by atoms with Crippen molar-refractivity contribution < 1.29 is 0 Å². The van der Waals surface area contributed by atoms with Crippen LogP contribution in [-0.2, 0) is 0 Å². The summed E-state index contributed by atoms with van der Waals surface area (Å²) in [6.07, 6.45) is 7.91. The quantitative estimate of drug-likeness (QED) is 0.513. The number of hydrogen-bond donors (Lipinski definition) is 0. The summed E-state index contributed by atoms with van der Waals surface area (Å²) in [5, 5.41) is 16.9. The van der Waals surface area contributed by atoms with Crippen molar-refractivity contribution in [3.63, 3.8) is 0 Å². The highest BCUT2D eigenvalue weighted by Gasteiger charge is 2.36. The molecule has 1 unspecified atom stereocenters. The number of imidazole rings is 1. The summed E-state index contributed by atoms with van der Waals surface area (Å²) in [6.45, 7) is 8.43. The molecule has 0 bridgehead atoms. The average Bonchev–Trinajstić information content (AvgIpc) is 3.40. The second kappa shape index (κ2) is 6.97. The lowest BCUT2D eigenvalue weighted by Crippen LogP contribution is -2.40. The maximum atomic E-state index is 4.98. The predicted molar refractivity (Wildman–Crippen MR) is 110 cm³/mol. The molecule has 10 heteroatoms. The summed E-state index contributed by atoms with van der Waals surface area (Å²) in [4.78, 5) is 16.4. The molecule has 0 saturated carbocycles. The van der Waals surface area contributed by atoms with Crippen LogP contribution in [0.5, 0.6) is 0 Å². The predicted octanol–water partition coefficient (Wildman–Crippen LogP) is 2.69. The molecule has 0 amide bonds. The molecule has 4 aromatic rings. The van der Waals surface area contributed by atoms with Crippen LogP contribution in [0.4, 0.5) is 5.82 Å². The lowest BCUT2D eigenvalue weighted by Gasteiger charge is -2.39. The highest BCUT2D eigenvalue weighted by atomic mass is 15.4. The van der Waals surface area contributed by atoms with E-state index in [-0.39, 0.29) is 12.1 Å². The maximum absolute atomic E-state index is 4.98. The van der Waals surface area contributed by atoms with E-state index in [1.807, 2.05) is 36.0 Å². The van der Waals surface area contributed by atoms with Gasteiger partial charge in [-0.25, -0.2) is 9.97 Å². The van der Waals surface area contributed by atoms with Crippen LogP contribution >= 0.6 is 0 Å². The van der Waals surface area contributed by atoms with Gasteiger partial charge in [-0.05, 0) is 39.3 Å². The largest absolute Gasteiger partial charge is 0.342 e. The Bertz CT molecular complexity index is 1190. The molecule has 1 aliphatic rings. The summed E-state index contributed by atoms with van der Waals surface area (Å²) < 4.78 is 3.89. The average molecular weight is 402 g/mol. The summed E-state index contributed by atoms with van der Waals surface area (Å²) in [6, 6.07) is 4.01. The maximum Gasteiger partial charge on any atom is 0.237 e. The molecule has 0 radical (unpaired) electrons. The van der Waals surface area contributed by atoms with Gasteiger partial charge >= 0.3 is 0 Å². The van der Waals surface area contributed by atoms with Crippen LogP contribution in [0.25, 0.3) is 23.2 Å². The lowest BCUT2D eigenvalue weighted by atomic mass is 10.1. The van der Waals surface area contributed by atoms with Crippen molar-refractivity contribution in [2.45, 2.75) is 46.2 Å². The van der Waals surface area contributed by atoms with E-state index in [0.29, 0.717) is 17.5 Å². The Kier molecular flexibility index (Phi) is 4.27. The number of aromatic nitrogens is 9. The van der Waals surface area contributed by atoms with E-state index in [4.69, 9.17) is 4.98 Å². The highest BCUT2D eigenvalue weighted by molar-refractivity contribution is 5.63. The zero-order valence-electron chi connectivity index (χ0n) is 17.3. The minimum Gasteiger partial charge on any atom is -0.342 e. The fraction of sp³-hybridized carbons (Fsp3) is 0.350. The molecule has 0 fully saturated rings. The molecule has 0 aliphatic carbocycles. The Balaban J connectivity index is 1.70. The van der Waals surface area contributed by atoms with Crippen molar-refractivity contribution in [3.05, 3.63) is 48.6 Å². The van der Waals surface area contributed by atoms with Crippen molar-refractivity contribution >= 4 is 5.82 Å². The van der Waals surface area contributed by atoms with Gasteiger partial charge in [-0.15, -0.1) is 15.3 Å². The Labute approximate surface area is 173 Å². The molecular weight excluding hydrogens is 380 g/mol. The van der Waals surface area contributed by atoms with Crippen LogP contribution in [0.1, 0.15) is 44.9 Å². The number of rotatable bonds is 4. The van der Waals surface area contributed by atoms with Crippen LogP contribution in [-0.4, -0.2) is 50.5 Å². The molecule has 0 aromatic carbocycles. The first kappa shape index (κ1) is 18.3. The van der Waals surface area contributed by atoms with Crippen molar-refractivity contribution in [1.82, 2.24) is 44.5 Å². The molecule has 0 spiro atoms. The Hall–Kier alpha value is -3.69. The van der Waals surface area contributed by atoms with Gasteiger partial charge < -0.3 is 4.90 Å². The van der Waals surface area contributed by atoms with Gasteiger partial charge in [0.25, 0.3) is 0 Å². The number of fused-ring (bicyclic) bond motifs is 3. The third-order valence-corrected chi connectivity index (χ3v) is 5.31. The number of nitrogens with zero attached hydrogens (tertiary/aromatic N) is 10. The van der Waals surface area contributed by atoms with Crippen molar-refractivity contribution in [1.29, 1.82) is 0 Å².